The van der Waals surface area contributed by atoms with Crippen molar-refractivity contribution in [2.75, 3.05) is 18.4 Å². The number of likely N-dealkylation sites (tertiary alicyclic amines) is 1. The Labute approximate surface area is 156 Å². The fourth-order valence-electron chi connectivity index (χ4n) is 3.07. The smallest absolute Gasteiger partial charge is 0.210 e. The van der Waals surface area contributed by atoms with Crippen LogP contribution in [0.5, 0.6) is 0 Å². The number of nitrogens with one attached hydrogen (secondary N) is 1. The van der Waals surface area contributed by atoms with Crippen LogP contribution in [0, 0.1) is 5.92 Å². The number of rotatable bonds is 5. The highest BCUT2D eigenvalue weighted by atomic mass is 32.1. The molecule has 1 aromatic carbocycles. The predicted octanol–water partition coefficient (Wildman–Crippen LogP) is 5.24. The van der Waals surface area contributed by atoms with Crippen molar-refractivity contribution < 1.29 is 0 Å². The van der Waals surface area contributed by atoms with Crippen molar-refractivity contribution in [1.82, 2.24) is 15.1 Å². The van der Waals surface area contributed by atoms with E-state index in [0.29, 0.717) is 0 Å². The van der Waals surface area contributed by atoms with Crippen LogP contribution in [-0.2, 0) is 6.54 Å². The Morgan fingerprint density at radius 2 is 1.92 bits per heavy atom. The zero-order valence-corrected chi connectivity index (χ0v) is 15.9. The molecule has 130 valence electrons. The predicted molar refractivity (Wildman–Crippen MR) is 107 cm³/mol. The highest BCUT2D eigenvalue weighted by molar-refractivity contribution is 7.22. The van der Waals surface area contributed by atoms with Gasteiger partial charge in [0.2, 0.25) is 5.13 Å². The van der Waals surface area contributed by atoms with E-state index in [1.54, 1.807) is 22.7 Å². The number of anilines is 2. The summed E-state index contributed by atoms with van der Waals surface area (Å²) >= 11 is 3.28. The maximum Gasteiger partial charge on any atom is 0.210 e. The van der Waals surface area contributed by atoms with Gasteiger partial charge in [0, 0.05) is 12.2 Å². The van der Waals surface area contributed by atoms with E-state index in [0.717, 1.165) is 33.2 Å². The summed E-state index contributed by atoms with van der Waals surface area (Å²) < 4.78 is 0. The Hall–Kier alpha value is -1.76. The van der Waals surface area contributed by atoms with Crippen molar-refractivity contribution in [3.8, 4) is 9.88 Å². The molecule has 0 radical (unpaired) electrons. The molecule has 1 saturated heterocycles. The summed E-state index contributed by atoms with van der Waals surface area (Å²) in [5, 5.41) is 15.7. The third-order valence-corrected chi connectivity index (χ3v) is 6.52. The number of piperidine rings is 1. The second kappa shape index (κ2) is 7.64. The third-order valence-electron chi connectivity index (χ3n) is 4.64. The summed E-state index contributed by atoms with van der Waals surface area (Å²) in [6, 6.07) is 12.8. The van der Waals surface area contributed by atoms with Crippen LogP contribution in [0.1, 0.15) is 25.3 Å². The van der Waals surface area contributed by atoms with Crippen LogP contribution in [0.2, 0.25) is 0 Å². The molecule has 4 rings (SSSR count). The summed E-state index contributed by atoms with van der Waals surface area (Å²) in [7, 11) is 0. The minimum atomic E-state index is 0.834. The van der Waals surface area contributed by atoms with Gasteiger partial charge in [-0.15, -0.1) is 21.5 Å². The Balaban J connectivity index is 1.36. The molecule has 4 nitrogen and oxygen atoms in total. The Morgan fingerprint density at radius 3 is 2.64 bits per heavy atom. The number of hydrogen-bond acceptors (Lipinski definition) is 6. The molecular weight excluding hydrogens is 348 g/mol. The van der Waals surface area contributed by atoms with Gasteiger partial charge in [0.05, 0.1) is 4.88 Å². The van der Waals surface area contributed by atoms with Crippen molar-refractivity contribution >= 4 is 33.5 Å². The van der Waals surface area contributed by atoms with Crippen LogP contribution in [0.4, 0.5) is 10.8 Å². The molecule has 2 aromatic heterocycles. The van der Waals surface area contributed by atoms with Gasteiger partial charge in [0.25, 0.3) is 0 Å². The van der Waals surface area contributed by atoms with Gasteiger partial charge in [-0.3, -0.25) is 4.90 Å². The largest absolute Gasteiger partial charge is 0.330 e. The highest BCUT2D eigenvalue weighted by Crippen LogP contribution is 2.31. The highest BCUT2D eigenvalue weighted by Gasteiger charge is 2.15. The van der Waals surface area contributed by atoms with E-state index in [2.05, 4.69) is 63.0 Å². The van der Waals surface area contributed by atoms with E-state index < -0.39 is 0 Å². The molecule has 0 amide bonds. The SMILES string of the molecule is CC1CCN(Cc2ccc(Nc3nnc(-c4cccs4)s3)cc2)CC1. The van der Waals surface area contributed by atoms with Gasteiger partial charge in [-0.25, -0.2) is 0 Å². The molecule has 0 aliphatic carbocycles. The molecule has 1 aliphatic heterocycles. The van der Waals surface area contributed by atoms with Gasteiger partial charge < -0.3 is 5.32 Å². The van der Waals surface area contributed by atoms with Crippen molar-refractivity contribution in [3.63, 3.8) is 0 Å². The summed E-state index contributed by atoms with van der Waals surface area (Å²) in [5.41, 5.74) is 2.43. The summed E-state index contributed by atoms with van der Waals surface area (Å²) in [6.45, 7) is 5.85. The quantitative estimate of drug-likeness (QED) is 0.666. The zero-order valence-electron chi connectivity index (χ0n) is 14.3. The van der Waals surface area contributed by atoms with Crippen LogP contribution < -0.4 is 5.32 Å². The number of thiophene rings is 1. The lowest BCUT2D eigenvalue weighted by Gasteiger charge is -2.30. The first-order valence-electron chi connectivity index (χ1n) is 8.72. The molecule has 0 saturated carbocycles. The van der Waals surface area contributed by atoms with Gasteiger partial charge in [-0.05, 0) is 61.0 Å². The number of aromatic nitrogens is 2. The van der Waals surface area contributed by atoms with E-state index in [1.807, 2.05) is 6.07 Å². The van der Waals surface area contributed by atoms with Crippen LogP contribution in [0.3, 0.4) is 0 Å². The normalized spacial score (nSPS) is 16.2. The van der Waals surface area contributed by atoms with Gasteiger partial charge in [-0.2, -0.15) is 0 Å². The molecule has 6 heteroatoms. The molecule has 0 unspecified atom stereocenters. The minimum absolute atomic E-state index is 0.834. The number of benzene rings is 1. The minimum Gasteiger partial charge on any atom is -0.330 e. The first kappa shape index (κ1) is 16.7. The third kappa shape index (κ3) is 4.26. The molecule has 3 aromatic rings. The van der Waals surface area contributed by atoms with E-state index in [4.69, 9.17) is 0 Å². The Kier molecular flexibility index (Phi) is 5.10. The van der Waals surface area contributed by atoms with Crippen molar-refractivity contribution in [2.45, 2.75) is 26.3 Å². The molecule has 25 heavy (non-hydrogen) atoms. The Bertz CT molecular complexity index is 787. The van der Waals surface area contributed by atoms with Crippen molar-refractivity contribution in [1.29, 1.82) is 0 Å². The molecular formula is C19H22N4S2. The van der Waals surface area contributed by atoms with E-state index in [9.17, 15) is 0 Å². The van der Waals surface area contributed by atoms with E-state index in [1.165, 1.54) is 31.5 Å². The number of hydrogen-bond donors (Lipinski definition) is 1. The lowest BCUT2D eigenvalue weighted by Crippen LogP contribution is -2.32. The van der Waals surface area contributed by atoms with E-state index >= 15 is 0 Å². The van der Waals surface area contributed by atoms with Gasteiger partial charge in [-0.1, -0.05) is 36.5 Å². The van der Waals surface area contributed by atoms with Crippen molar-refractivity contribution in [3.05, 3.63) is 47.3 Å². The molecule has 0 bridgehead atoms. The molecule has 1 aliphatic rings. The van der Waals surface area contributed by atoms with Crippen LogP contribution in [-0.4, -0.2) is 28.2 Å². The molecule has 0 spiro atoms. The lowest BCUT2D eigenvalue weighted by molar-refractivity contribution is 0.185. The first-order chi connectivity index (χ1) is 12.3. The van der Waals surface area contributed by atoms with Crippen LogP contribution in [0.25, 0.3) is 9.88 Å². The van der Waals surface area contributed by atoms with Gasteiger partial charge in [0.15, 0.2) is 5.01 Å². The molecule has 1 fully saturated rings. The first-order valence-corrected chi connectivity index (χ1v) is 10.4. The number of nitrogens with zero attached hydrogens (tertiary/aromatic N) is 3. The maximum atomic E-state index is 4.27. The van der Waals surface area contributed by atoms with Gasteiger partial charge in [0.1, 0.15) is 0 Å². The van der Waals surface area contributed by atoms with Gasteiger partial charge >= 0.3 is 0 Å². The van der Waals surface area contributed by atoms with Crippen LogP contribution >= 0.6 is 22.7 Å². The fourth-order valence-corrected chi connectivity index (χ4v) is 4.62. The monoisotopic (exact) mass is 370 g/mol. The topological polar surface area (TPSA) is 41.0 Å². The summed E-state index contributed by atoms with van der Waals surface area (Å²) in [6.07, 6.45) is 2.65. The second-order valence-corrected chi connectivity index (χ2v) is 8.60. The zero-order chi connectivity index (χ0) is 17.1. The molecule has 3 heterocycles. The fraction of sp³-hybridized carbons (Fsp3) is 0.368. The van der Waals surface area contributed by atoms with Crippen LogP contribution in [0.15, 0.2) is 41.8 Å². The summed E-state index contributed by atoms with van der Waals surface area (Å²) in [4.78, 5) is 3.72. The Morgan fingerprint density at radius 1 is 1.12 bits per heavy atom. The lowest BCUT2D eigenvalue weighted by atomic mass is 9.99. The second-order valence-electron chi connectivity index (χ2n) is 6.67. The van der Waals surface area contributed by atoms with Crippen molar-refractivity contribution in [2.24, 2.45) is 5.92 Å². The molecule has 1 N–H and O–H groups in total. The average molecular weight is 371 g/mol. The van der Waals surface area contributed by atoms with E-state index in [-0.39, 0.29) is 0 Å². The maximum absolute atomic E-state index is 4.27. The standard InChI is InChI=1S/C19H22N4S2/c1-14-8-10-23(11-9-14)13-15-4-6-16(7-5-15)20-19-22-21-18(25-19)17-3-2-12-24-17/h2-7,12,14H,8-11,13H2,1H3,(H,20,22). The summed E-state index contributed by atoms with van der Waals surface area (Å²) in [5.74, 6) is 0.883. The average Bonchev–Trinajstić information content (AvgIpc) is 3.30. The molecule has 0 atom stereocenters.